The molecule has 0 aliphatic rings. The number of aryl methyl sites for hydroxylation is 1. The summed E-state index contributed by atoms with van der Waals surface area (Å²) in [5.41, 5.74) is 2.47. The lowest BCUT2D eigenvalue weighted by molar-refractivity contribution is 0.500. The quantitative estimate of drug-likeness (QED) is 0.584. The van der Waals surface area contributed by atoms with Crippen LogP contribution in [-0.2, 0) is 0 Å². The molecule has 16 heavy (non-hydrogen) atoms. The fourth-order valence-electron chi connectivity index (χ4n) is 1.81. The minimum atomic E-state index is 0.380. The van der Waals surface area contributed by atoms with E-state index in [1.165, 1.54) is 11.1 Å². The molecule has 0 aromatic carbocycles. The van der Waals surface area contributed by atoms with Crippen molar-refractivity contribution in [3.8, 4) is 12.3 Å². The van der Waals surface area contributed by atoms with Gasteiger partial charge in [0.05, 0.1) is 0 Å². The molecule has 0 aliphatic heterocycles. The van der Waals surface area contributed by atoms with Crippen molar-refractivity contribution in [1.29, 1.82) is 0 Å². The van der Waals surface area contributed by atoms with E-state index in [0.29, 0.717) is 6.04 Å². The summed E-state index contributed by atoms with van der Waals surface area (Å²) in [4.78, 5) is 4.24. The smallest absolute Gasteiger partial charge is 0.0335 e. The summed E-state index contributed by atoms with van der Waals surface area (Å²) in [6.45, 7) is 5.16. The highest BCUT2D eigenvalue weighted by Gasteiger charge is 2.09. The van der Waals surface area contributed by atoms with Crippen LogP contribution in [0, 0.1) is 19.3 Å². The average molecular weight is 216 g/mol. The third-order valence-electron chi connectivity index (χ3n) is 2.56. The van der Waals surface area contributed by atoms with Crippen LogP contribution in [0.2, 0.25) is 0 Å². The number of terminal acetylenes is 1. The Morgan fingerprint density at radius 3 is 2.94 bits per heavy atom. The van der Waals surface area contributed by atoms with Gasteiger partial charge in [-0.05, 0) is 37.4 Å². The highest BCUT2D eigenvalue weighted by molar-refractivity contribution is 5.20. The molecular formula is C14H20N2. The van der Waals surface area contributed by atoms with Crippen molar-refractivity contribution in [2.75, 3.05) is 6.54 Å². The number of hydrogen-bond donors (Lipinski definition) is 1. The van der Waals surface area contributed by atoms with Crippen molar-refractivity contribution >= 4 is 0 Å². The number of pyridine rings is 1. The second kappa shape index (κ2) is 7.03. The van der Waals surface area contributed by atoms with Crippen LogP contribution in [0.15, 0.2) is 18.5 Å². The summed E-state index contributed by atoms with van der Waals surface area (Å²) in [6.07, 6.45) is 12.1. The molecule has 1 heterocycles. The molecule has 1 aromatic heterocycles. The predicted molar refractivity (Wildman–Crippen MR) is 68.1 cm³/mol. The number of aromatic nitrogens is 1. The molecule has 0 saturated heterocycles. The number of rotatable bonds is 6. The summed E-state index contributed by atoms with van der Waals surface area (Å²) < 4.78 is 0. The van der Waals surface area contributed by atoms with Gasteiger partial charge in [-0.15, -0.1) is 12.3 Å². The van der Waals surface area contributed by atoms with E-state index in [-0.39, 0.29) is 0 Å². The lowest BCUT2D eigenvalue weighted by Gasteiger charge is -2.17. The minimum absolute atomic E-state index is 0.380. The summed E-state index contributed by atoms with van der Waals surface area (Å²) >= 11 is 0. The van der Waals surface area contributed by atoms with Crippen LogP contribution in [0.25, 0.3) is 0 Å². The van der Waals surface area contributed by atoms with E-state index in [1.54, 1.807) is 0 Å². The van der Waals surface area contributed by atoms with Crippen LogP contribution in [0.1, 0.15) is 43.4 Å². The third kappa shape index (κ3) is 4.04. The summed E-state index contributed by atoms with van der Waals surface area (Å²) in [7, 11) is 0. The van der Waals surface area contributed by atoms with Crippen molar-refractivity contribution in [2.45, 2.75) is 39.2 Å². The highest BCUT2D eigenvalue weighted by atomic mass is 14.9. The number of nitrogens with one attached hydrogen (secondary N) is 1. The van der Waals surface area contributed by atoms with Crippen LogP contribution in [0.5, 0.6) is 0 Å². The lowest BCUT2D eigenvalue weighted by Crippen LogP contribution is -2.21. The summed E-state index contributed by atoms with van der Waals surface area (Å²) in [5.74, 6) is 2.68. The number of nitrogens with zero attached hydrogens (tertiary/aromatic N) is 1. The third-order valence-corrected chi connectivity index (χ3v) is 2.56. The first-order valence-corrected chi connectivity index (χ1v) is 5.86. The fourth-order valence-corrected chi connectivity index (χ4v) is 1.81. The van der Waals surface area contributed by atoms with Crippen molar-refractivity contribution in [2.24, 2.45) is 0 Å². The molecule has 1 N–H and O–H groups in total. The molecule has 0 fully saturated rings. The zero-order valence-electron chi connectivity index (χ0n) is 10.2. The maximum Gasteiger partial charge on any atom is 0.0335 e. The first kappa shape index (κ1) is 12.7. The van der Waals surface area contributed by atoms with Gasteiger partial charge >= 0.3 is 0 Å². The van der Waals surface area contributed by atoms with Crippen LogP contribution in [-0.4, -0.2) is 11.5 Å². The standard InChI is InChI=1S/C14H20N2/c1-4-6-7-8-14(16-5-2)13-9-12(3)10-15-11-13/h1,9-11,14,16H,5-8H2,2-3H3. The molecule has 1 rings (SSSR count). The van der Waals surface area contributed by atoms with E-state index < -0.39 is 0 Å². The fraction of sp³-hybridized carbons (Fsp3) is 0.500. The molecule has 0 saturated carbocycles. The van der Waals surface area contributed by atoms with Crippen molar-refractivity contribution in [3.63, 3.8) is 0 Å². The Kier molecular flexibility index (Phi) is 5.60. The predicted octanol–water partition coefficient (Wildman–Crippen LogP) is 2.84. The van der Waals surface area contributed by atoms with Gasteiger partial charge in [0.25, 0.3) is 0 Å². The van der Waals surface area contributed by atoms with Crippen molar-refractivity contribution < 1.29 is 0 Å². The van der Waals surface area contributed by atoms with E-state index in [1.807, 2.05) is 12.4 Å². The molecule has 1 atom stereocenters. The van der Waals surface area contributed by atoms with Crippen LogP contribution < -0.4 is 5.32 Å². The molecule has 0 aliphatic carbocycles. The van der Waals surface area contributed by atoms with Gasteiger partial charge < -0.3 is 5.32 Å². The van der Waals surface area contributed by atoms with Gasteiger partial charge in [0.15, 0.2) is 0 Å². The molecule has 1 aromatic rings. The second-order valence-electron chi connectivity index (χ2n) is 4.00. The highest BCUT2D eigenvalue weighted by Crippen LogP contribution is 2.19. The van der Waals surface area contributed by atoms with Crippen molar-refractivity contribution in [3.05, 3.63) is 29.6 Å². The van der Waals surface area contributed by atoms with Gasteiger partial charge in [-0.1, -0.05) is 13.0 Å². The summed E-state index contributed by atoms with van der Waals surface area (Å²) in [5, 5.41) is 3.48. The monoisotopic (exact) mass is 216 g/mol. The Balaban J connectivity index is 2.65. The minimum Gasteiger partial charge on any atom is -0.310 e. The van der Waals surface area contributed by atoms with Gasteiger partial charge in [-0.2, -0.15) is 0 Å². The average Bonchev–Trinajstić information content (AvgIpc) is 2.28. The Bertz CT molecular complexity index is 352. The van der Waals surface area contributed by atoms with Gasteiger partial charge in [0.1, 0.15) is 0 Å². The largest absolute Gasteiger partial charge is 0.310 e. The first-order chi connectivity index (χ1) is 7.77. The normalized spacial score (nSPS) is 12.1. The molecule has 2 nitrogen and oxygen atoms in total. The molecule has 0 bridgehead atoms. The van der Waals surface area contributed by atoms with Crippen molar-refractivity contribution in [1.82, 2.24) is 10.3 Å². The Labute approximate surface area is 98.5 Å². The van der Waals surface area contributed by atoms with Gasteiger partial charge in [0, 0.05) is 24.9 Å². The van der Waals surface area contributed by atoms with Gasteiger partial charge in [-0.3, -0.25) is 4.98 Å². The van der Waals surface area contributed by atoms with Crippen LogP contribution in [0.4, 0.5) is 0 Å². The van der Waals surface area contributed by atoms with Gasteiger partial charge in [-0.25, -0.2) is 0 Å². The lowest BCUT2D eigenvalue weighted by atomic mass is 10.0. The second-order valence-corrected chi connectivity index (χ2v) is 4.00. The van der Waals surface area contributed by atoms with E-state index in [9.17, 15) is 0 Å². The Morgan fingerprint density at radius 1 is 1.50 bits per heavy atom. The maximum atomic E-state index is 5.27. The molecule has 1 unspecified atom stereocenters. The molecule has 0 amide bonds. The zero-order chi connectivity index (χ0) is 11.8. The maximum absolute atomic E-state index is 5.27. The molecular weight excluding hydrogens is 196 g/mol. The van der Waals surface area contributed by atoms with Crippen LogP contribution >= 0.6 is 0 Å². The van der Waals surface area contributed by atoms with E-state index in [0.717, 1.165) is 25.8 Å². The Hall–Kier alpha value is -1.33. The van der Waals surface area contributed by atoms with Crippen LogP contribution in [0.3, 0.4) is 0 Å². The van der Waals surface area contributed by atoms with E-state index >= 15 is 0 Å². The van der Waals surface area contributed by atoms with Gasteiger partial charge in [0.2, 0.25) is 0 Å². The summed E-state index contributed by atoms with van der Waals surface area (Å²) in [6, 6.07) is 2.57. The molecule has 86 valence electrons. The van der Waals surface area contributed by atoms with E-state index in [2.05, 4.69) is 36.1 Å². The molecule has 0 radical (unpaired) electrons. The van der Waals surface area contributed by atoms with E-state index in [4.69, 9.17) is 6.42 Å². The number of unbranched alkanes of at least 4 members (excludes halogenated alkanes) is 1. The topological polar surface area (TPSA) is 24.9 Å². The first-order valence-electron chi connectivity index (χ1n) is 5.86. The Morgan fingerprint density at radius 2 is 2.31 bits per heavy atom. The SMILES string of the molecule is C#CCCCC(NCC)c1cncc(C)c1. The zero-order valence-corrected chi connectivity index (χ0v) is 10.2. The molecule has 2 heteroatoms. The molecule has 0 spiro atoms. The number of hydrogen-bond acceptors (Lipinski definition) is 2.